The van der Waals surface area contributed by atoms with Gasteiger partial charge in [-0.05, 0) is 47.9 Å². The first kappa shape index (κ1) is 24.5. The third-order valence-electron chi connectivity index (χ3n) is 5.82. The average molecular weight is 489 g/mol. The van der Waals surface area contributed by atoms with Gasteiger partial charge >= 0.3 is 0 Å². The summed E-state index contributed by atoms with van der Waals surface area (Å²) in [5, 5.41) is 11.1. The number of pyridine rings is 2. The first-order valence-corrected chi connectivity index (χ1v) is 11.2. The van der Waals surface area contributed by atoms with E-state index in [1.54, 1.807) is 54.9 Å². The number of aryl methyl sites for hydroxylation is 2. The van der Waals surface area contributed by atoms with Crippen molar-refractivity contribution in [1.82, 2.24) is 24.4 Å². The van der Waals surface area contributed by atoms with Crippen LogP contribution in [0.15, 0.2) is 59.8 Å². The van der Waals surface area contributed by atoms with Crippen LogP contribution in [0, 0.1) is 12.3 Å². The number of H-pyrrole nitrogens is 1. The Morgan fingerprint density at radius 3 is 2.39 bits per heavy atom. The number of amides is 1. The van der Waals surface area contributed by atoms with Gasteiger partial charge in [-0.1, -0.05) is 0 Å². The van der Waals surface area contributed by atoms with E-state index >= 15 is 0 Å². The highest BCUT2D eigenvalue weighted by Gasteiger charge is 2.15. The summed E-state index contributed by atoms with van der Waals surface area (Å²) in [4.78, 5) is 32.2. The zero-order valence-electron chi connectivity index (χ0n) is 20.6. The number of nitrogens with one attached hydrogen (secondary N) is 3. The Hall–Kier alpha value is -4.60. The Balaban J connectivity index is 1.68. The zero-order chi connectivity index (χ0) is 25.8. The van der Waals surface area contributed by atoms with Crippen LogP contribution in [0.4, 0.5) is 0 Å². The van der Waals surface area contributed by atoms with Crippen molar-refractivity contribution in [2.45, 2.75) is 20.0 Å². The second kappa shape index (κ2) is 10.3. The highest BCUT2D eigenvalue weighted by Crippen LogP contribution is 2.24. The lowest BCUT2D eigenvalue weighted by molar-refractivity contribution is 0.0946. The van der Waals surface area contributed by atoms with E-state index in [2.05, 4.69) is 15.3 Å². The van der Waals surface area contributed by atoms with Crippen LogP contribution in [0.3, 0.4) is 0 Å². The van der Waals surface area contributed by atoms with E-state index in [-0.39, 0.29) is 23.7 Å². The number of ether oxygens (including phenoxy) is 2. The third-order valence-corrected chi connectivity index (χ3v) is 5.82. The molecule has 186 valence electrons. The number of benzene rings is 1. The van der Waals surface area contributed by atoms with Crippen LogP contribution in [-0.4, -0.2) is 39.2 Å². The monoisotopic (exact) mass is 488 g/mol. The Bertz CT molecular complexity index is 1510. The number of carbonyl (C=O) groups is 1. The topological polar surface area (TPSA) is 127 Å². The first-order chi connectivity index (χ1) is 17.3. The van der Waals surface area contributed by atoms with Gasteiger partial charge in [0.15, 0.2) is 0 Å². The molecule has 0 atom stereocenters. The van der Waals surface area contributed by atoms with E-state index in [0.29, 0.717) is 34.9 Å². The number of methoxy groups -OCH3 is 2. The van der Waals surface area contributed by atoms with Crippen molar-refractivity contribution in [2.24, 2.45) is 7.05 Å². The van der Waals surface area contributed by atoms with Gasteiger partial charge in [-0.15, -0.1) is 0 Å². The second-order valence-electron chi connectivity index (χ2n) is 8.40. The molecule has 10 heteroatoms. The molecule has 10 nitrogen and oxygen atoms in total. The van der Waals surface area contributed by atoms with E-state index in [9.17, 15) is 9.59 Å². The van der Waals surface area contributed by atoms with Gasteiger partial charge in [0.25, 0.3) is 5.91 Å². The summed E-state index contributed by atoms with van der Waals surface area (Å²) in [6, 6.07) is 10.5. The highest BCUT2D eigenvalue weighted by atomic mass is 16.5. The number of carbonyl (C=O) groups excluding carboxylic acids is 1. The van der Waals surface area contributed by atoms with E-state index in [0.717, 1.165) is 16.7 Å². The molecule has 0 spiro atoms. The van der Waals surface area contributed by atoms with Crippen molar-refractivity contribution in [3.63, 3.8) is 0 Å². The Labute approximate surface area is 207 Å². The molecule has 1 aromatic carbocycles. The van der Waals surface area contributed by atoms with Crippen molar-refractivity contribution < 1.29 is 14.3 Å². The van der Waals surface area contributed by atoms with Gasteiger partial charge in [0, 0.05) is 49.9 Å². The van der Waals surface area contributed by atoms with E-state index in [1.165, 1.54) is 6.07 Å². The molecule has 0 fully saturated rings. The minimum atomic E-state index is -0.355. The number of aromatic amines is 1. The lowest BCUT2D eigenvalue weighted by Crippen LogP contribution is -2.25. The molecule has 0 radical (unpaired) electrons. The van der Waals surface area contributed by atoms with Crippen LogP contribution >= 0.6 is 0 Å². The molecule has 4 rings (SSSR count). The van der Waals surface area contributed by atoms with Crippen LogP contribution in [0.1, 0.15) is 27.2 Å². The maximum Gasteiger partial charge on any atom is 0.270 e. The molecule has 3 heterocycles. The van der Waals surface area contributed by atoms with Crippen LogP contribution in [0.5, 0.6) is 11.5 Å². The molecule has 36 heavy (non-hydrogen) atoms. The first-order valence-electron chi connectivity index (χ1n) is 11.2. The van der Waals surface area contributed by atoms with Crippen LogP contribution in [0.2, 0.25) is 0 Å². The summed E-state index contributed by atoms with van der Waals surface area (Å²) in [5.74, 6) is 0.896. The number of hydrogen-bond donors (Lipinski definition) is 3. The summed E-state index contributed by atoms with van der Waals surface area (Å²) in [6.07, 6.45) is 5.20. The van der Waals surface area contributed by atoms with Gasteiger partial charge in [-0.2, -0.15) is 0 Å². The van der Waals surface area contributed by atoms with Crippen molar-refractivity contribution in [2.75, 3.05) is 14.2 Å². The molecule has 4 aromatic rings. The highest BCUT2D eigenvalue weighted by molar-refractivity contribution is 5.93. The smallest absolute Gasteiger partial charge is 0.270 e. The van der Waals surface area contributed by atoms with E-state index in [4.69, 9.17) is 14.9 Å². The molecule has 3 aromatic heterocycles. The fraction of sp³-hybridized carbons (Fsp3) is 0.231. The second-order valence-corrected chi connectivity index (χ2v) is 8.40. The summed E-state index contributed by atoms with van der Waals surface area (Å²) in [6.45, 7) is 2.45. The molecule has 0 aliphatic heterocycles. The molecule has 0 saturated carbocycles. The van der Waals surface area contributed by atoms with E-state index in [1.807, 2.05) is 31.3 Å². The Kier molecular flexibility index (Phi) is 7.05. The van der Waals surface area contributed by atoms with Gasteiger partial charge in [0.05, 0.1) is 26.5 Å². The molecule has 0 bridgehead atoms. The number of imidazole rings is 1. The summed E-state index contributed by atoms with van der Waals surface area (Å²) >= 11 is 0. The lowest BCUT2D eigenvalue weighted by Gasteiger charge is -2.13. The molecule has 1 amide bonds. The van der Waals surface area contributed by atoms with Crippen LogP contribution in [-0.2, 0) is 20.1 Å². The molecule has 0 unspecified atom stereocenters. The minimum Gasteiger partial charge on any atom is -0.497 e. The number of aromatic nitrogens is 4. The predicted octanol–water partition coefficient (Wildman–Crippen LogP) is 2.36. The molecule has 0 saturated heterocycles. The number of rotatable bonds is 8. The van der Waals surface area contributed by atoms with Gasteiger partial charge < -0.3 is 28.9 Å². The summed E-state index contributed by atoms with van der Waals surface area (Å²) < 4.78 is 14.1. The fourth-order valence-electron chi connectivity index (χ4n) is 3.87. The minimum absolute atomic E-state index is 0.210. The molecule has 0 aliphatic carbocycles. The lowest BCUT2D eigenvalue weighted by atomic mass is 10.0. The average Bonchev–Trinajstić information content (AvgIpc) is 3.18. The van der Waals surface area contributed by atoms with Crippen LogP contribution < -0.4 is 26.0 Å². The van der Waals surface area contributed by atoms with Crippen molar-refractivity contribution in [3.8, 4) is 22.8 Å². The summed E-state index contributed by atoms with van der Waals surface area (Å²) in [7, 11) is 4.94. The summed E-state index contributed by atoms with van der Waals surface area (Å²) in [5.41, 5.74) is 3.96. The zero-order valence-corrected chi connectivity index (χ0v) is 20.6. The quantitative estimate of drug-likeness (QED) is 0.351. The van der Waals surface area contributed by atoms with Crippen molar-refractivity contribution >= 4 is 5.91 Å². The Morgan fingerprint density at radius 1 is 1.06 bits per heavy atom. The van der Waals surface area contributed by atoms with Crippen LogP contribution in [0.25, 0.3) is 11.3 Å². The van der Waals surface area contributed by atoms with Gasteiger partial charge in [-0.25, -0.2) is 4.98 Å². The van der Waals surface area contributed by atoms with Crippen molar-refractivity contribution in [1.29, 1.82) is 5.41 Å². The molecule has 3 N–H and O–H groups in total. The fourth-order valence-corrected chi connectivity index (χ4v) is 3.87. The SMILES string of the molecule is COc1cc(CNC(=O)c2cc(Cn3ccn(C)c3=N)cc(-c3c[nH]c(=O)cc3C)n2)cc(OC)c1. The van der Waals surface area contributed by atoms with Gasteiger partial charge in [-0.3, -0.25) is 15.0 Å². The molecular weight excluding hydrogens is 460 g/mol. The van der Waals surface area contributed by atoms with Gasteiger partial charge in [0.2, 0.25) is 11.2 Å². The maximum absolute atomic E-state index is 13.2. The maximum atomic E-state index is 13.2. The largest absolute Gasteiger partial charge is 0.497 e. The predicted molar refractivity (Wildman–Crippen MR) is 134 cm³/mol. The number of hydrogen-bond acceptors (Lipinski definition) is 6. The molecule has 0 aliphatic rings. The van der Waals surface area contributed by atoms with Gasteiger partial charge in [0.1, 0.15) is 17.2 Å². The standard InChI is InChI=1S/C26H28N6O4/c1-16-7-24(33)28-14-21(16)22-10-18(15-32-6-5-31(2)26(32)27)11-23(30-22)25(34)29-13-17-8-19(35-3)12-20(9-17)36-4/h5-12,14,27H,13,15H2,1-4H3,(H,28,33)(H,29,34). The van der Waals surface area contributed by atoms with E-state index < -0.39 is 0 Å². The normalized spacial score (nSPS) is 10.8. The third kappa shape index (κ3) is 5.38. The Morgan fingerprint density at radius 2 is 1.78 bits per heavy atom. The number of nitrogens with zero attached hydrogens (tertiary/aromatic N) is 3. The van der Waals surface area contributed by atoms with Crippen molar-refractivity contribution in [3.05, 3.63) is 93.3 Å². The molecular formula is C26H28N6O4.